The largest absolute Gasteiger partial charge is 0.491 e. The number of carbonyl (C=O) groups excluding carboxylic acids is 1. The second-order valence-corrected chi connectivity index (χ2v) is 9.04. The Hall–Kier alpha value is -2.36. The molecule has 0 radical (unpaired) electrons. The van der Waals surface area contributed by atoms with E-state index >= 15 is 0 Å². The van der Waals surface area contributed by atoms with E-state index in [0.717, 1.165) is 12.1 Å². The topological polar surface area (TPSA) is 96.2 Å². The maximum Gasteiger partial charge on any atom is 0.416 e. The van der Waals surface area contributed by atoms with E-state index in [0.29, 0.717) is 25.7 Å². The van der Waals surface area contributed by atoms with Gasteiger partial charge in [0.2, 0.25) is 0 Å². The van der Waals surface area contributed by atoms with Crippen LogP contribution < -0.4 is 4.74 Å². The fraction of sp³-hybridized carbons (Fsp3) is 0.577. The molecule has 2 rings (SSSR count). The van der Waals surface area contributed by atoms with E-state index in [1.165, 1.54) is 18.2 Å². The summed E-state index contributed by atoms with van der Waals surface area (Å²) in [7, 11) is 0. The minimum Gasteiger partial charge on any atom is -0.491 e. The molecule has 1 aliphatic carbocycles. The molecule has 1 aromatic carbocycles. The zero-order valence-electron chi connectivity index (χ0n) is 20.0. The van der Waals surface area contributed by atoms with Crippen molar-refractivity contribution in [3.8, 4) is 5.75 Å². The first kappa shape index (κ1) is 28.9. The first-order valence-electron chi connectivity index (χ1n) is 11.8. The van der Waals surface area contributed by atoms with Crippen molar-refractivity contribution in [3.05, 3.63) is 54.1 Å². The molecule has 0 heterocycles. The normalized spacial score (nSPS) is 23.9. The zero-order valence-corrected chi connectivity index (χ0v) is 20.0. The van der Waals surface area contributed by atoms with E-state index in [9.17, 15) is 33.3 Å². The van der Waals surface area contributed by atoms with Gasteiger partial charge in [0.1, 0.15) is 18.5 Å². The molecule has 0 amide bonds. The van der Waals surface area contributed by atoms with E-state index in [4.69, 9.17) is 9.47 Å². The molecule has 0 spiro atoms. The van der Waals surface area contributed by atoms with Crippen molar-refractivity contribution in [1.29, 1.82) is 0 Å². The van der Waals surface area contributed by atoms with E-state index in [-0.39, 0.29) is 42.7 Å². The van der Waals surface area contributed by atoms with Crippen LogP contribution in [0.3, 0.4) is 0 Å². The Bertz CT molecular complexity index is 852. The van der Waals surface area contributed by atoms with Crippen molar-refractivity contribution in [2.24, 2.45) is 11.8 Å². The molecule has 6 nitrogen and oxygen atoms in total. The van der Waals surface area contributed by atoms with E-state index < -0.39 is 30.1 Å². The molecule has 196 valence electrons. The highest BCUT2D eigenvalue weighted by atomic mass is 19.4. The van der Waals surface area contributed by atoms with Gasteiger partial charge in [0.05, 0.1) is 23.9 Å². The molecule has 0 aromatic heterocycles. The Labute approximate surface area is 204 Å². The molecule has 1 saturated carbocycles. The number of rotatable bonds is 12. The monoisotopic (exact) mass is 500 g/mol. The molecule has 1 aromatic rings. The number of halogens is 3. The first-order valence-corrected chi connectivity index (χ1v) is 11.8. The van der Waals surface area contributed by atoms with Crippen LogP contribution in [0, 0.1) is 11.8 Å². The highest BCUT2D eigenvalue weighted by molar-refractivity contribution is 5.69. The van der Waals surface area contributed by atoms with Crippen molar-refractivity contribution in [2.75, 3.05) is 6.61 Å². The van der Waals surface area contributed by atoms with Gasteiger partial charge in [0.25, 0.3) is 0 Å². The number of alkyl halides is 3. The van der Waals surface area contributed by atoms with Gasteiger partial charge in [-0.15, -0.1) is 0 Å². The van der Waals surface area contributed by atoms with Crippen LogP contribution in [-0.2, 0) is 15.7 Å². The van der Waals surface area contributed by atoms with E-state index in [2.05, 4.69) is 0 Å². The van der Waals surface area contributed by atoms with Gasteiger partial charge in [0.15, 0.2) is 0 Å². The number of benzene rings is 1. The van der Waals surface area contributed by atoms with Gasteiger partial charge in [-0.25, -0.2) is 0 Å². The second kappa shape index (κ2) is 13.7. The van der Waals surface area contributed by atoms with Crippen molar-refractivity contribution in [1.82, 2.24) is 0 Å². The highest BCUT2D eigenvalue weighted by Crippen LogP contribution is 2.36. The Kier molecular flexibility index (Phi) is 11.3. The average Bonchev–Trinajstić information content (AvgIpc) is 3.04. The molecule has 35 heavy (non-hydrogen) atoms. The Balaban J connectivity index is 1.82. The molecular formula is C26H35F3O6. The number of aliphatic hydroxyl groups is 3. The van der Waals surface area contributed by atoms with Crippen molar-refractivity contribution in [3.63, 3.8) is 0 Å². The number of carbonyl (C=O) groups is 1. The lowest BCUT2D eigenvalue weighted by molar-refractivity contribution is -0.147. The summed E-state index contributed by atoms with van der Waals surface area (Å²) >= 11 is 0. The third-order valence-electron chi connectivity index (χ3n) is 5.75. The predicted octanol–water partition coefficient (Wildman–Crippen LogP) is 4.43. The number of hydrogen-bond donors (Lipinski definition) is 3. The number of allylic oxidation sites excluding steroid dienone is 2. The molecule has 9 heteroatoms. The van der Waals surface area contributed by atoms with Crippen LogP contribution in [0.1, 0.15) is 51.5 Å². The van der Waals surface area contributed by atoms with Crippen molar-refractivity contribution < 1.29 is 42.8 Å². The number of unbranched alkanes of at least 4 members (excludes halogenated alkanes) is 1. The summed E-state index contributed by atoms with van der Waals surface area (Å²) in [6.45, 7) is 3.34. The lowest BCUT2D eigenvalue weighted by atomic mass is 9.89. The van der Waals surface area contributed by atoms with Crippen LogP contribution in [0.5, 0.6) is 5.75 Å². The Morgan fingerprint density at radius 1 is 1.20 bits per heavy atom. The fourth-order valence-corrected chi connectivity index (χ4v) is 4.02. The molecule has 0 saturated heterocycles. The number of esters is 1. The van der Waals surface area contributed by atoms with Gasteiger partial charge in [-0.05, 0) is 57.2 Å². The summed E-state index contributed by atoms with van der Waals surface area (Å²) in [5.41, 5.74) is -0.838. The lowest BCUT2D eigenvalue weighted by Gasteiger charge is -2.19. The number of hydrogen-bond acceptors (Lipinski definition) is 6. The van der Waals surface area contributed by atoms with Gasteiger partial charge < -0.3 is 24.8 Å². The standard InChI is InChI=1S/C26H35F3O6/c1-17(2)35-25(33)11-6-4-3-5-10-21-22(24(32)15-23(21)31)13-12-19(30)16-34-20-9-7-8-18(14-20)26(27,28)29/h3,5,7-9,12-14,17,19,21-24,30-32H,4,6,10-11,15-16H2,1-2H3/t19-,21-,22-,23+,24-/m1/s1. The minimum atomic E-state index is -4.49. The maximum absolute atomic E-state index is 12.8. The summed E-state index contributed by atoms with van der Waals surface area (Å²) in [6.07, 6.45) is 2.09. The second-order valence-electron chi connectivity index (χ2n) is 9.04. The third kappa shape index (κ3) is 10.0. The van der Waals surface area contributed by atoms with Crippen LogP contribution in [0.15, 0.2) is 48.6 Å². The van der Waals surface area contributed by atoms with E-state index in [1.807, 2.05) is 12.2 Å². The molecule has 1 fully saturated rings. The summed E-state index contributed by atoms with van der Waals surface area (Å²) in [5.74, 6) is -0.883. The van der Waals surface area contributed by atoms with Gasteiger partial charge in [0, 0.05) is 18.8 Å². The van der Waals surface area contributed by atoms with E-state index in [1.54, 1.807) is 19.9 Å². The van der Waals surface area contributed by atoms with Gasteiger partial charge in [-0.3, -0.25) is 4.79 Å². The van der Waals surface area contributed by atoms with Gasteiger partial charge >= 0.3 is 12.1 Å². The molecular weight excluding hydrogens is 465 g/mol. The number of aliphatic hydroxyl groups excluding tert-OH is 3. The Morgan fingerprint density at radius 2 is 1.94 bits per heavy atom. The third-order valence-corrected chi connectivity index (χ3v) is 5.75. The summed E-state index contributed by atoms with van der Waals surface area (Å²) in [5, 5.41) is 30.8. The van der Waals surface area contributed by atoms with Crippen LogP contribution >= 0.6 is 0 Å². The maximum atomic E-state index is 12.8. The van der Waals surface area contributed by atoms with Gasteiger partial charge in [-0.2, -0.15) is 13.2 Å². The predicted molar refractivity (Wildman–Crippen MR) is 125 cm³/mol. The van der Waals surface area contributed by atoms with Crippen LogP contribution in [0.2, 0.25) is 0 Å². The first-order chi connectivity index (χ1) is 16.5. The lowest BCUT2D eigenvalue weighted by Crippen LogP contribution is -2.21. The van der Waals surface area contributed by atoms with Crippen LogP contribution in [0.25, 0.3) is 0 Å². The van der Waals surface area contributed by atoms with Crippen LogP contribution in [-0.4, -0.2) is 52.3 Å². The van der Waals surface area contributed by atoms with Gasteiger partial charge in [-0.1, -0.05) is 30.4 Å². The molecule has 0 aliphatic heterocycles. The number of ether oxygens (including phenoxy) is 2. The molecule has 3 N–H and O–H groups in total. The summed E-state index contributed by atoms with van der Waals surface area (Å²) in [6, 6.07) is 4.40. The highest BCUT2D eigenvalue weighted by Gasteiger charge is 2.39. The quantitative estimate of drug-likeness (QED) is 0.223. The zero-order chi connectivity index (χ0) is 26.0. The van der Waals surface area contributed by atoms with Crippen molar-refractivity contribution in [2.45, 2.75) is 76.5 Å². The fourth-order valence-electron chi connectivity index (χ4n) is 4.02. The average molecular weight is 501 g/mol. The molecule has 0 unspecified atom stereocenters. The summed E-state index contributed by atoms with van der Waals surface area (Å²) in [4.78, 5) is 11.5. The molecule has 5 atom stereocenters. The Morgan fingerprint density at radius 3 is 2.63 bits per heavy atom. The minimum absolute atomic E-state index is 0.0101. The SMILES string of the molecule is CC(C)OC(=O)CCCC=CC[C@@H]1[C@@H](C=C[C@@H](O)COc2cccc(C(F)(F)F)c2)[C@H](O)C[C@@H]1O. The summed E-state index contributed by atoms with van der Waals surface area (Å²) < 4.78 is 48.8. The molecule has 1 aliphatic rings. The molecule has 0 bridgehead atoms. The van der Waals surface area contributed by atoms with Crippen LogP contribution in [0.4, 0.5) is 13.2 Å². The van der Waals surface area contributed by atoms with Crippen molar-refractivity contribution >= 4 is 5.97 Å². The smallest absolute Gasteiger partial charge is 0.416 e.